The van der Waals surface area contributed by atoms with Crippen molar-refractivity contribution in [1.29, 1.82) is 0 Å². The molecule has 0 aliphatic rings. The van der Waals surface area contributed by atoms with Crippen molar-refractivity contribution in [2.45, 2.75) is 6.54 Å². The molecule has 0 fully saturated rings. The average Bonchev–Trinajstić information content (AvgIpc) is 3.27. The number of aromatic nitrogens is 4. The Bertz CT molecular complexity index is 1420. The number of carbonyl (C=O) groups is 1. The van der Waals surface area contributed by atoms with E-state index in [-0.39, 0.29) is 29.2 Å². The van der Waals surface area contributed by atoms with Gasteiger partial charge in [-0.1, -0.05) is 16.8 Å². The van der Waals surface area contributed by atoms with Crippen LogP contribution in [0, 0.1) is 0 Å². The molecule has 0 saturated heterocycles. The molecule has 12 heteroatoms. The number of aromatic amines is 1. The van der Waals surface area contributed by atoms with E-state index >= 15 is 0 Å². The molecule has 3 aromatic heterocycles. The van der Waals surface area contributed by atoms with Gasteiger partial charge < -0.3 is 14.1 Å². The summed E-state index contributed by atoms with van der Waals surface area (Å²) in [5.74, 6) is -0.657. The molecule has 0 bridgehead atoms. The summed E-state index contributed by atoms with van der Waals surface area (Å²) >= 11 is 6.18. The molecular weight excluding hydrogens is 434 g/mol. The number of hydrogen-bond donors (Lipinski definition) is 2. The van der Waals surface area contributed by atoms with Crippen LogP contribution in [0.5, 0.6) is 0 Å². The van der Waals surface area contributed by atoms with E-state index < -0.39 is 21.5 Å². The predicted molar refractivity (Wildman–Crippen MR) is 109 cm³/mol. The molecule has 0 spiro atoms. The SMILES string of the molecule is CS(=O)(=O)NC(=O)c1c(-c2ccc[nH]c2=O)c2cc(Cl)ccc2n1Cc1ncon1. The van der Waals surface area contributed by atoms with Gasteiger partial charge in [-0.15, -0.1) is 0 Å². The van der Waals surface area contributed by atoms with Crippen LogP contribution in [0.4, 0.5) is 0 Å². The Morgan fingerprint density at radius 2 is 2.13 bits per heavy atom. The second kappa shape index (κ2) is 7.43. The normalized spacial score (nSPS) is 11.7. The predicted octanol–water partition coefficient (Wildman–Crippen LogP) is 1.77. The number of nitrogens with one attached hydrogen (secondary N) is 2. The fourth-order valence-electron chi connectivity index (χ4n) is 3.24. The highest BCUT2D eigenvalue weighted by molar-refractivity contribution is 7.89. The van der Waals surface area contributed by atoms with Crippen LogP contribution in [0.25, 0.3) is 22.0 Å². The Kier molecular flexibility index (Phi) is 4.92. The van der Waals surface area contributed by atoms with Crippen LogP contribution in [-0.4, -0.2) is 40.3 Å². The number of amides is 1. The van der Waals surface area contributed by atoms with Gasteiger partial charge in [-0.3, -0.25) is 9.59 Å². The molecule has 0 aliphatic heterocycles. The van der Waals surface area contributed by atoms with Gasteiger partial charge in [-0.05, 0) is 30.3 Å². The Morgan fingerprint density at radius 3 is 2.80 bits per heavy atom. The third kappa shape index (κ3) is 3.72. The summed E-state index contributed by atoms with van der Waals surface area (Å²) in [6, 6.07) is 8.01. The molecule has 0 aliphatic carbocycles. The number of benzene rings is 1. The number of rotatable bonds is 5. The van der Waals surface area contributed by atoms with Crippen LogP contribution in [0.2, 0.25) is 5.02 Å². The molecule has 0 saturated carbocycles. The summed E-state index contributed by atoms with van der Waals surface area (Å²) in [4.78, 5) is 32.1. The van der Waals surface area contributed by atoms with Gasteiger partial charge in [0, 0.05) is 33.2 Å². The van der Waals surface area contributed by atoms with E-state index in [1.54, 1.807) is 24.3 Å². The van der Waals surface area contributed by atoms with Crippen LogP contribution in [0.15, 0.2) is 52.2 Å². The zero-order chi connectivity index (χ0) is 21.5. The standard InChI is InChI=1S/C18H14ClN5O5S/c1-30(27,28)23-18(26)16-15(11-3-2-6-20-17(11)25)12-7-10(19)4-5-13(12)24(16)8-14-21-9-29-22-14/h2-7,9H,8H2,1H3,(H,20,25)(H,23,26). The van der Waals surface area contributed by atoms with Crippen molar-refractivity contribution in [2.24, 2.45) is 0 Å². The van der Waals surface area contributed by atoms with Gasteiger partial charge >= 0.3 is 0 Å². The first-order valence-corrected chi connectivity index (χ1v) is 10.8. The molecule has 1 aromatic carbocycles. The van der Waals surface area contributed by atoms with E-state index in [0.717, 1.165) is 12.6 Å². The molecule has 154 valence electrons. The molecule has 4 aromatic rings. The second-order valence-corrected chi connectivity index (χ2v) is 8.62. The maximum Gasteiger partial charge on any atom is 0.282 e. The lowest BCUT2D eigenvalue weighted by atomic mass is 10.0. The van der Waals surface area contributed by atoms with Gasteiger partial charge in [-0.2, -0.15) is 4.98 Å². The number of pyridine rings is 1. The summed E-state index contributed by atoms with van der Waals surface area (Å²) in [5, 5.41) is 4.62. The molecule has 0 atom stereocenters. The van der Waals surface area contributed by atoms with Crippen molar-refractivity contribution in [1.82, 2.24) is 24.4 Å². The highest BCUT2D eigenvalue weighted by Gasteiger charge is 2.27. The van der Waals surface area contributed by atoms with Crippen LogP contribution < -0.4 is 10.3 Å². The number of H-pyrrole nitrogens is 1. The van der Waals surface area contributed by atoms with Crippen molar-refractivity contribution in [3.8, 4) is 11.1 Å². The smallest absolute Gasteiger partial charge is 0.282 e. The Labute approximate surface area is 174 Å². The molecule has 4 rings (SSSR count). The van der Waals surface area contributed by atoms with Crippen molar-refractivity contribution >= 4 is 38.4 Å². The number of sulfonamides is 1. The molecule has 0 unspecified atom stereocenters. The molecule has 3 heterocycles. The largest absolute Gasteiger partial charge is 0.343 e. The van der Waals surface area contributed by atoms with Gasteiger partial charge in [0.15, 0.2) is 5.82 Å². The van der Waals surface area contributed by atoms with Crippen LogP contribution in [0.1, 0.15) is 16.3 Å². The molecule has 10 nitrogen and oxygen atoms in total. The number of nitrogens with zero attached hydrogens (tertiary/aromatic N) is 3. The second-order valence-electron chi connectivity index (χ2n) is 6.43. The van der Waals surface area contributed by atoms with E-state index in [1.165, 1.54) is 16.8 Å². The van der Waals surface area contributed by atoms with Gasteiger partial charge in [0.05, 0.1) is 12.8 Å². The summed E-state index contributed by atoms with van der Waals surface area (Å²) in [5.41, 5.74) is 0.430. The zero-order valence-corrected chi connectivity index (χ0v) is 17.0. The highest BCUT2D eigenvalue weighted by Crippen LogP contribution is 2.35. The van der Waals surface area contributed by atoms with E-state index in [2.05, 4.69) is 15.1 Å². The summed E-state index contributed by atoms with van der Waals surface area (Å²) in [6.45, 7) is -0.00805. The van der Waals surface area contributed by atoms with E-state index in [0.29, 0.717) is 15.9 Å². The van der Waals surface area contributed by atoms with Gasteiger partial charge in [0.2, 0.25) is 16.4 Å². The Hall–Kier alpha value is -3.44. The lowest BCUT2D eigenvalue weighted by molar-refractivity contribution is 0.0974. The minimum Gasteiger partial charge on any atom is -0.343 e. The van der Waals surface area contributed by atoms with Gasteiger partial charge in [-0.25, -0.2) is 13.1 Å². The van der Waals surface area contributed by atoms with Crippen LogP contribution >= 0.6 is 11.6 Å². The maximum atomic E-state index is 13.0. The number of fused-ring (bicyclic) bond motifs is 1. The lowest BCUT2D eigenvalue weighted by Gasteiger charge is -2.10. The average molecular weight is 448 g/mol. The van der Waals surface area contributed by atoms with E-state index in [1.807, 2.05) is 4.72 Å². The van der Waals surface area contributed by atoms with Crippen molar-refractivity contribution in [2.75, 3.05) is 6.26 Å². The minimum absolute atomic E-state index is 0.00805. The molecule has 2 N–H and O–H groups in total. The summed E-state index contributed by atoms with van der Waals surface area (Å²) in [7, 11) is -3.88. The third-order valence-electron chi connectivity index (χ3n) is 4.31. The first-order chi connectivity index (χ1) is 14.2. The summed E-state index contributed by atoms with van der Waals surface area (Å²) < 4.78 is 31.8. The van der Waals surface area contributed by atoms with Crippen LogP contribution in [0.3, 0.4) is 0 Å². The summed E-state index contributed by atoms with van der Waals surface area (Å²) in [6.07, 6.45) is 3.45. The number of carbonyl (C=O) groups excluding carboxylic acids is 1. The zero-order valence-electron chi connectivity index (χ0n) is 15.4. The first-order valence-electron chi connectivity index (χ1n) is 8.52. The third-order valence-corrected chi connectivity index (χ3v) is 5.10. The number of hydrogen-bond acceptors (Lipinski definition) is 7. The Balaban J connectivity index is 2.10. The molecule has 1 amide bonds. The minimum atomic E-state index is -3.88. The van der Waals surface area contributed by atoms with Gasteiger partial charge in [0.1, 0.15) is 5.69 Å². The highest BCUT2D eigenvalue weighted by atomic mass is 35.5. The first kappa shape index (κ1) is 19.9. The monoisotopic (exact) mass is 447 g/mol. The number of halogens is 1. The maximum absolute atomic E-state index is 13.0. The topological polar surface area (TPSA) is 140 Å². The quantitative estimate of drug-likeness (QED) is 0.475. The van der Waals surface area contributed by atoms with Gasteiger partial charge in [0.25, 0.3) is 11.5 Å². The molecular formula is C18H14ClN5O5S. The van der Waals surface area contributed by atoms with Crippen LogP contribution in [-0.2, 0) is 16.6 Å². The van der Waals surface area contributed by atoms with Crippen molar-refractivity contribution in [3.05, 3.63) is 69.8 Å². The fraction of sp³-hybridized carbons (Fsp3) is 0.111. The Morgan fingerprint density at radius 1 is 1.33 bits per heavy atom. The van der Waals surface area contributed by atoms with E-state index in [9.17, 15) is 18.0 Å². The molecule has 0 radical (unpaired) electrons. The molecule has 30 heavy (non-hydrogen) atoms. The van der Waals surface area contributed by atoms with Crippen molar-refractivity contribution in [3.63, 3.8) is 0 Å². The van der Waals surface area contributed by atoms with E-state index in [4.69, 9.17) is 16.1 Å². The fourth-order valence-corrected chi connectivity index (χ4v) is 3.84. The lowest BCUT2D eigenvalue weighted by Crippen LogP contribution is -2.32. The van der Waals surface area contributed by atoms with Crippen molar-refractivity contribution < 1.29 is 17.7 Å².